The lowest BCUT2D eigenvalue weighted by atomic mass is 10.0. The molecule has 1 amide bonds. The first-order valence-electron chi connectivity index (χ1n) is 12.3. The number of ether oxygens (including phenoxy) is 1. The molecule has 0 saturated heterocycles. The second-order valence-electron chi connectivity index (χ2n) is 9.48. The summed E-state index contributed by atoms with van der Waals surface area (Å²) in [6.07, 6.45) is 6.53. The minimum absolute atomic E-state index is 0.150. The minimum Gasteiger partial charge on any atom is -0.372 e. The topological polar surface area (TPSA) is 59.4 Å². The highest BCUT2D eigenvalue weighted by Gasteiger charge is 2.28. The van der Waals surface area contributed by atoms with Gasteiger partial charge in [0, 0.05) is 49.9 Å². The molecule has 0 radical (unpaired) electrons. The summed E-state index contributed by atoms with van der Waals surface area (Å²) in [7, 11) is 0. The molecule has 0 aliphatic carbocycles. The van der Waals surface area contributed by atoms with Crippen molar-refractivity contribution in [2.24, 2.45) is 0 Å². The summed E-state index contributed by atoms with van der Waals surface area (Å²) >= 11 is 6.01. The summed E-state index contributed by atoms with van der Waals surface area (Å²) in [4.78, 5) is 19.9. The molecule has 0 atom stereocenters. The number of aromatic nitrogens is 2. The Hall–Kier alpha value is -3.52. The maximum Gasteiger partial charge on any atom is 0.326 e. The van der Waals surface area contributed by atoms with Crippen molar-refractivity contribution in [2.75, 3.05) is 13.1 Å². The number of nitrogens with one attached hydrogen (secondary N) is 1. The molecule has 2 aliphatic heterocycles. The third-order valence-electron chi connectivity index (χ3n) is 7.05. The zero-order chi connectivity index (χ0) is 25.4. The molecule has 0 spiro atoms. The fraction of sp³-hybridized carbons (Fsp3) is 0.241. The van der Waals surface area contributed by atoms with Crippen LogP contribution in [-0.4, -0.2) is 33.6 Å². The summed E-state index contributed by atoms with van der Waals surface area (Å²) in [6, 6.07) is 14.2. The summed E-state index contributed by atoms with van der Waals surface area (Å²) < 4.78 is 20.7. The van der Waals surface area contributed by atoms with Crippen LogP contribution in [0.25, 0.3) is 17.0 Å². The number of rotatable bonds is 5. The van der Waals surface area contributed by atoms with E-state index in [1.54, 1.807) is 24.4 Å². The molecule has 8 heteroatoms. The van der Waals surface area contributed by atoms with Gasteiger partial charge in [0.05, 0.1) is 18.7 Å². The number of nitrogens with zero attached hydrogens (tertiary/aromatic N) is 3. The van der Waals surface area contributed by atoms with Gasteiger partial charge in [-0.1, -0.05) is 35.9 Å². The Kier molecular flexibility index (Phi) is 6.50. The van der Waals surface area contributed by atoms with Crippen LogP contribution in [0.15, 0.2) is 60.8 Å². The standard InChI is InChI=1S/C29H26ClFN4O2/c30-28-12-20(7-9-32-28)15-33-29(36)35-26-8-11-34(10-1-2-19-3-5-23(31)6-4-19)16-25(26)24-13-21-17-37-18-22(21)14-27(24)35/h1-7,9,12-14H,8,10-11,15-18H2,(H,33,36)/b2-1+. The lowest BCUT2D eigenvalue weighted by Gasteiger charge is -2.27. The minimum atomic E-state index is -0.234. The van der Waals surface area contributed by atoms with E-state index in [1.165, 1.54) is 23.3 Å². The molecule has 2 aromatic carbocycles. The van der Waals surface area contributed by atoms with Gasteiger partial charge in [-0.05, 0) is 64.2 Å². The van der Waals surface area contributed by atoms with Crippen LogP contribution >= 0.6 is 11.6 Å². The van der Waals surface area contributed by atoms with Gasteiger partial charge in [0.25, 0.3) is 0 Å². The summed E-state index contributed by atoms with van der Waals surface area (Å²) in [6.45, 7) is 3.89. The number of carbonyl (C=O) groups is 1. The van der Waals surface area contributed by atoms with E-state index in [0.717, 1.165) is 59.3 Å². The van der Waals surface area contributed by atoms with Crippen LogP contribution in [-0.2, 0) is 37.5 Å². The van der Waals surface area contributed by atoms with Crippen LogP contribution in [0.5, 0.6) is 0 Å². The summed E-state index contributed by atoms with van der Waals surface area (Å²) in [5.74, 6) is -0.234. The smallest absolute Gasteiger partial charge is 0.326 e. The lowest BCUT2D eigenvalue weighted by Crippen LogP contribution is -2.34. The predicted molar refractivity (Wildman–Crippen MR) is 142 cm³/mol. The fourth-order valence-electron chi connectivity index (χ4n) is 5.19. The quantitative estimate of drug-likeness (QED) is 0.346. The molecule has 6 rings (SSSR count). The zero-order valence-electron chi connectivity index (χ0n) is 20.2. The number of hydrogen-bond donors (Lipinski definition) is 1. The van der Waals surface area contributed by atoms with Crippen LogP contribution in [0.4, 0.5) is 9.18 Å². The first-order valence-corrected chi connectivity index (χ1v) is 12.7. The van der Waals surface area contributed by atoms with E-state index in [1.807, 2.05) is 16.7 Å². The maximum absolute atomic E-state index is 13.5. The number of pyridine rings is 1. The van der Waals surface area contributed by atoms with E-state index in [0.29, 0.717) is 24.9 Å². The highest BCUT2D eigenvalue weighted by atomic mass is 35.5. The Labute approximate surface area is 219 Å². The van der Waals surface area contributed by atoms with Crippen molar-refractivity contribution in [3.05, 3.63) is 105 Å². The average molecular weight is 517 g/mol. The Morgan fingerprint density at radius 1 is 1.14 bits per heavy atom. The number of amides is 1. The van der Waals surface area contributed by atoms with E-state index in [4.69, 9.17) is 16.3 Å². The van der Waals surface area contributed by atoms with E-state index in [2.05, 4.69) is 33.4 Å². The number of fused-ring (bicyclic) bond motifs is 4. The van der Waals surface area contributed by atoms with Gasteiger partial charge < -0.3 is 10.1 Å². The predicted octanol–water partition coefficient (Wildman–Crippen LogP) is 5.69. The number of halogens is 2. The van der Waals surface area contributed by atoms with Crippen molar-refractivity contribution in [1.82, 2.24) is 19.8 Å². The molecule has 6 nitrogen and oxygen atoms in total. The molecule has 4 heterocycles. The molecule has 2 aromatic heterocycles. The van der Waals surface area contributed by atoms with Gasteiger partial charge in [-0.15, -0.1) is 0 Å². The van der Waals surface area contributed by atoms with Crippen molar-refractivity contribution < 1.29 is 13.9 Å². The number of hydrogen-bond acceptors (Lipinski definition) is 4. The van der Waals surface area contributed by atoms with E-state index >= 15 is 0 Å². The first kappa shape index (κ1) is 23.9. The monoisotopic (exact) mass is 516 g/mol. The number of benzene rings is 2. The Morgan fingerprint density at radius 3 is 2.76 bits per heavy atom. The molecular formula is C29H26ClFN4O2. The summed E-state index contributed by atoms with van der Waals surface area (Å²) in [5, 5.41) is 4.57. The molecule has 188 valence electrons. The first-order chi connectivity index (χ1) is 18.0. The van der Waals surface area contributed by atoms with E-state index in [9.17, 15) is 9.18 Å². The average Bonchev–Trinajstić information content (AvgIpc) is 3.49. The van der Waals surface area contributed by atoms with Gasteiger partial charge in [0.15, 0.2) is 0 Å². The molecule has 0 saturated carbocycles. The Morgan fingerprint density at radius 2 is 1.95 bits per heavy atom. The lowest BCUT2D eigenvalue weighted by molar-refractivity contribution is 0.134. The highest BCUT2D eigenvalue weighted by Crippen LogP contribution is 2.35. The zero-order valence-corrected chi connectivity index (χ0v) is 21.0. The third kappa shape index (κ3) is 4.90. The van der Waals surface area contributed by atoms with Crippen molar-refractivity contribution in [2.45, 2.75) is 32.7 Å². The second-order valence-corrected chi connectivity index (χ2v) is 9.86. The Balaban J connectivity index is 1.27. The maximum atomic E-state index is 13.5. The number of carbonyl (C=O) groups excluding carboxylic acids is 1. The fourth-order valence-corrected chi connectivity index (χ4v) is 5.39. The van der Waals surface area contributed by atoms with Crippen molar-refractivity contribution in [1.29, 1.82) is 0 Å². The SMILES string of the molecule is O=C(NCc1ccnc(Cl)c1)n1c2c(c3cc4c(cc31)COC4)CN(C/C=C/c1ccc(F)cc1)CC2. The van der Waals surface area contributed by atoms with Gasteiger partial charge in [-0.2, -0.15) is 0 Å². The molecule has 0 fully saturated rings. The van der Waals surface area contributed by atoms with Crippen LogP contribution < -0.4 is 5.32 Å². The molecular weight excluding hydrogens is 491 g/mol. The van der Waals surface area contributed by atoms with Gasteiger partial charge in [-0.3, -0.25) is 9.47 Å². The molecule has 0 bridgehead atoms. The molecule has 2 aliphatic rings. The van der Waals surface area contributed by atoms with Gasteiger partial charge in [-0.25, -0.2) is 14.2 Å². The molecule has 0 unspecified atom stereocenters. The Bertz CT molecular complexity index is 1510. The van der Waals surface area contributed by atoms with Gasteiger partial charge >= 0.3 is 6.03 Å². The van der Waals surface area contributed by atoms with Crippen LogP contribution in [0, 0.1) is 5.82 Å². The van der Waals surface area contributed by atoms with Crippen LogP contribution in [0.2, 0.25) is 5.15 Å². The summed E-state index contributed by atoms with van der Waals surface area (Å²) in [5.41, 5.74) is 7.36. The molecule has 37 heavy (non-hydrogen) atoms. The van der Waals surface area contributed by atoms with E-state index in [-0.39, 0.29) is 11.8 Å². The largest absolute Gasteiger partial charge is 0.372 e. The normalized spacial score (nSPS) is 15.3. The molecule has 1 N–H and O–H groups in total. The van der Waals surface area contributed by atoms with Crippen molar-refractivity contribution >= 4 is 34.6 Å². The van der Waals surface area contributed by atoms with Crippen LogP contribution in [0.3, 0.4) is 0 Å². The van der Waals surface area contributed by atoms with Crippen LogP contribution in [0.1, 0.15) is 33.5 Å². The third-order valence-corrected chi connectivity index (χ3v) is 7.25. The molecule has 4 aromatic rings. The second kappa shape index (κ2) is 10.1. The highest BCUT2D eigenvalue weighted by molar-refractivity contribution is 6.29. The van der Waals surface area contributed by atoms with Crippen molar-refractivity contribution in [3.8, 4) is 0 Å². The van der Waals surface area contributed by atoms with Gasteiger partial charge in [0.1, 0.15) is 11.0 Å². The van der Waals surface area contributed by atoms with Gasteiger partial charge in [0.2, 0.25) is 0 Å². The van der Waals surface area contributed by atoms with E-state index < -0.39 is 0 Å². The van der Waals surface area contributed by atoms with Crippen molar-refractivity contribution in [3.63, 3.8) is 0 Å².